The Bertz CT molecular complexity index is 1160. The van der Waals surface area contributed by atoms with Gasteiger partial charge in [0.25, 0.3) is 0 Å². The minimum Gasteiger partial charge on any atom is -0.492 e. The second-order valence-corrected chi connectivity index (χ2v) is 10.7. The Morgan fingerprint density at radius 3 is 2.05 bits per heavy atom. The number of alkyl halides is 3. The largest absolute Gasteiger partial charge is 0.492 e. The number of piperidine rings is 1. The van der Waals surface area contributed by atoms with Gasteiger partial charge >= 0.3 is 18.2 Å². The predicted octanol–water partition coefficient (Wildman–Crippen LogP) is 4.34. The van der Waals surface area contributed by atoms with Crippen LogP contribution in [0.5, 0.6) is 5.75 Å². The molecule has 1 aromatic carbocycles. The van der Waals surface area contributed by atoms with Crippen molar-refractivity contribution >= 4 is 21.8 Å². The highest BCUT2D eigenvalue weighted by atomic mass is 32.2. The van der Waals surface area contributed by atoms with Crippen molar-refractivity contribution in [3.05, 3.63) is 42.6 Å². The van der Waals surface area contributed by atoms with Crippen LogP contribution in [0.1, 0.15) is 26.7 Å². The second-order valence-electron chi connectivity index (χ2n) is 8.67. The molecule has 0 unspecified atom stereocenters. The SMILES string of the molecule is CCN(CC)C(=O)N1CCC(COc2ccc(-c3ccc(S(C)(=O)=O)cc3)nc2)CC1.O=C(O)C(F)(F)F. The summed E-state index contributed by atoms with van der Waals surface area (Å²) in [4.78, 5) is 29.9. The van der Waals surface area contributed by atoms with E-state index in [1.54, 1.807) is 30.5 Å². The Balaban J connectivity index is 0.000000638. The van der Waals surface area contributed by atoms with E-state index in [9.17, 15) is 26.4 Å². The number of benzene rings is 1. The Morgan fingerprint density at radius 1 is 1.08 bits per heavy atom. The van der Waals surface area contributed by atoms with E-state index in [0.29, 0.717) is 23.2 Å². The number of sulfone groups is 1. The first-order valence-corrected chi connectivity index (χ1v) is 13.9. The van der Waals surface area contributed by atoms with E-state index >= 15 is 0 Å². The van der Waals surface area contributed by atoms with Crippen molar-refractivity contribution in [1.29, 1.82) is 0 Å². The van der Waals surface area contributed by atoms with Gasteiger partial charge in [-0.3, -0.25) is 4.98 Å². The summed E-state index contributed by atoms with van der Waals surface area (Å²) >= 11 is 0. The number of amides is 2. The fourth-order valence-electron chi connectivity index (χ4n) is 3.71. The molecule has 1 aromatic heterocycles. The van der Waals surface area contributed by atoms with Gasteiger partial charge in [0, 0.05) is 38.0 Å². The molecule has 2 aromatic rings. The van der Waals surface area contributed by atoms with Gasteiger partial charge in [0.05, 0.1) is 23.4 Å². The smallest absolute Gasteiger partial charge is 0.490 e. The van der Waals surface area contributed by atoms with E-state index in [-0.39, 0.29) is 6.03 Å². The molecule has 0 saturated carbocycles. The van der Waals surface area contributed by atoms with Gasteiger partial charge in [-0.25, -0.2) is 18.0 Å². The van der Waals surface area contributed by atoms with Gasteiger partial charge in [0.2, 0.25) is 0 Å². The number of carbonyl (C=O) groups is 2. The van der Waals surface area contributed by atoms with Crippen LogP contribution < -0.4 is 4.74 Å². The maximum atomic E-state index is 12.4. The van der Waals surface area contributed by atoms with Crippen molar-refractivity contribution in [3.63, 3.8) is 0 Å². The van der Waals surface area contributed by atoms with Crippen LogP contribution in [0.25, 0.3) is 11.3 Å². The molecule has 1 N–H and O–H groups in total. The van der Waals surface area contributed by atoms with Crippen molar-refractivity contribution in [2.24, 2.45) is 5.92 Å². The van der Waals surface area contributed by atoms with Gasteiger partial charge in [-0.1, -0.05) is 12.1 Å². The van der Waals surface area contributed by atoms with Crippen molar-refractivity contribution in [2.45, 2.75) is 37.8 Å². The fourth-order valence-corrected chi connectivity index (χ4v) is 4.34. The van der Waals surface area contributed by atoms with Crippen LogP contribution in [0.3, 0.4) is 0 Å². The number of urea groups is 1. The van der Waals surface area contributed by atoms with Crippen molar-refractivity contribution in [2.75, 3.05) is 39.0 Å². The molecule has 1 aliphatic rings. The minimum atomic E-state index is -5.08. The highest BCUT2D eigenvalue weighted by Gasteiger charge is 2.38. The zero-order chi connectivity index (χ0) is 28.5. The minimum absolute atomic E-state index is 0.133. The normalized spacial score (nSPS) is 14.3. The Hall–Kier alpha value is -3.35. The van der Waals surface area contributed by atoms with Crippen LogP contribution in [0.4, 0.5) is 18.0 Å². The maximum Gasteiger partial charge on any atom is 0.490 e. The van der Waals surface area contributed by atoms with Gasteiger partial charge in [0.15, 0.2) is 9.84 Å². The first-order valence-electron chi connectivity index (χ1n) is 12.0. The predicted molar refractivity (Wildman–Crippen MR) is 135 cm³/mol. The third-order valence-electron chi connectivity index (χ3n) is 5.96. The number of hydrogen-bond acceptors (Lipinski definition) is 6. The van der Waals surface area contributed by atoms with Gasteiger partial charge in [-0.2, -0.15) is 13.2 Å². The lowest BCUT2D eigenvalue weighted by Crippen LogP contribution is -2.47. The molecule has 210 valence electrons. The quantitative estimate of drug-likeness (QED) is 0.536. The summed E-state index contributed by atoms with van der Waals surface area (Å²) in [7, 11) is -3.21. The zero-order valence-electron chi connectivity index (χ0n) is 21.4. The van der Waals surface area contributed by atoms with Crippen molar-refractivity contribution < 1.29 is 41.0 Å². The molecule has 2 heterocycles. The molecule has 3 rings (SSSR count). The molecule has 38 heavy (non-hydrogen) atoms. The van der Waals surface area contributed by atoms with Gasteiger partial charge in [-0.05, 0) is 56.9 Å². The van der Waals surface area contributed by atoms with E-state index in [1.807, 2.05) is 35.8 Å². The molecule has 9 nitrogen and oxygen atoms in total. The lowest BCUT2D eigenvalue weighted by atomic mass is 9.98. The number of carboxylic acid groups (broad SMARTS) is 1. The maximum absolute atomic E-state index is 12.4. The summed E-state index contributed by atoms with van der Waals surface area (Å²) in [5.41, 5.74) is 1.61. The van der Waals surface area contributed by atoms with Crippen LogP contribution in [0.2, 0.25) is 0 Å². The number of nitrogens with zero attached hydrogens (tertiary/aromatic N) is 3. The summed E-state index contributed by atoms with van der Waals surface area (Å²) in [6.07, 6.45) is -0.325. The number of ether oxygens (including phenoxy) is 1. The van der Waals surface area contributed by atoms with Crippen LogP contribution in [0.15, 0.2) is 47.5 Å². The number of rotatable bonds is 7. The molecule has 13 heteroatoms. The molecule has 0 atom stereocenters. The monoisotopic (exact) mass is 559 g/mol. The highest BCUT2D eigenvalue weighted by Crippen LogP contribution is 2.23. The van der Waals surface area contributed by atoms with E-state index in [4.69, 9.17) is 14.6 Å². The molecule has 2 amide bonds. The average Bonchev–Trinajstić information content (AvgIpc) is 2.88. The molecule has 1 aliphatic heterocycles. The summed E-state index contributed by atoms with van der Waals surface area (Å²) in [5.74, 6) is -1.63. The molecular weight excluding hydrogens is 527 g/mol. The number of halogens is 3. The van der Waals surface area contributed by atoms with Gasteiger partial charge in [-0.15, -0.1) is 0 Å². The van der Waals surface area contributed by atoms with Crippen LogP contribution in [-0.4, -0.2) is 85.5 Å². The van der Waals surface area contributed by atoms with Gasteiger partial charge < -0.3 is 19.6 Å². The number of carbonyl (C=O) groups excluding carboxylic acids is 1. The van der Waals surface area contributed by atoms with Gasteiger partial charge in [0.1, 0.15) is 5.75 Å². The summed E-state index contributed by atoms with van der Waals surface area (Å²) in [6.45, 7) is 7.63. The zero-order valence-corrected chi connectivity index (χ0v) is 22.3. The van der Waals surface area contributed by atoms with E-state index < -0.39 is 22.0 Å². The average molecular weight is 560 g/mol. The fraction of sp³-hybridized carbons (Fsp3) is 0.480. The number of hydrogen-bond donors (Lipinski definition) is 1. The molecular formula is C25H32F3N3O6S. The standard InChI is InChI=1S/C23H31N3O4S.C2HF3O2/c1-4-25(5-2)23(27)26-14-12-18(13-15-26)17-30-20-8-11-22(24-16-20)19-6-9-21(10-7-19)31(3,28)29;3-2(4,5)1(6)7/h6-11,16,18H,4-5,12-15,17H2,1-3H3;(H,6,7). The molecule has 0 aliphatic carbocycles. The molecule has 1 saturated heterocycles. The molecule has 0 bridgehead atoms. The second kappa shape index (κ2) is 13.4. The third kappa shape index (κ3) is 9.19. The number of likely N-dealkylation sites (tertiary alicyclic amines) is 1. The summed E-state index contributed by atoms with van der Waals surface area (Å²) < 4.78 is 60.8. The van der Waals surface area contributed by atoms with E-state index in [1.165, 1.54) is 6.26 Å². The third-order valence-corrected chi connectivity index (χ3v) is 7.09. The Kier molecular flexibility index (Phi) is 10.9. The summed E-state index contributed by atoms with van der Waals surface area (Å²) in [5, 5.41) is 7.12. The summed E-state index contributed by atoms with van der Waals surface area (Å²) in [6, 6.07) is 10.6. The first kappa shape index (κ1) is 30.9. The van der Waals surface area contributed by atoms with E-state index in [2.05, 4.69) is 4.98 Å². The lowest BCUT2D eigenvalue weighted by molar-refractivity contribution is -0.192. The van der Waals surface area contributed by atoms with Crippen molar-refractivity contribution in [1.82, 2.24) is 14.8 Å². The number of aliphatic carboxylic acids is 1. The lowest BCUT2D eigenvalue weighted by Gasteiger charge is -2.35. The molecule has 0 spiro atoms. The first-order chi connectivity index (χ1) is 17.8. The molecule has 1 fully saturated rings. The highest BCUT2D eigenvalue weighted by molar-refractivity contribution is 7.90. The Morgan fingerprint density at radius 2 is 1.63 bits per heavy atom. The van der Waals surface area contributed by atoms with Crippen LogP contribution in [-0.2, 0) is 14.6 Å². The number of carboxylic acids is 1. The van der Waals surface area contributed by atoms with Crippen LogP contribution >= 0.6 is 0 Å². The Labute approximate surface area is 220 Å². The van der Waals surface area contributed by atoms with E-state index in [0.717, 1.165) is 50.3 Å². The van der Waals surface area contributed by atoms with Crippen molar-refractivity contribution in [3.8, 4) is 17.0 Å². The number of aromatic nitrogens is 1. The number of pyridine rings is 1. The topological polar surface area (TPSA) is 117 Å². The van der Waals surface area contributed by atoms with Crippen LogP contribution in [0, 0.1) is 5.92 Å². The molecule has 0 radical (unpaired) electrons.